The molecule has 0 aliphatic carbocycles. The van der Waals surface area contributed by atoms with Crippen LogP contribution in [0.1, 0.15) is 37.4 Å². The lowest BCUT2D eigenvalue weighted by molar-refractivity contribution is -0.130. The highest BCUT2D eigenvalue weighted by Crippen LogP contribution is 2.30. The van der Waals surface area contributed by atoms with Crippen molar-refractivity contribution in [2.75, 3.05) is 31.1 Å². The van der Waals surface area contributed by atoms with E-state index in [1.807, 2.05) is 46.8 Å². The number of aromatic nitrogens is 4. The lowest BCUT2D eigenvalue weighted by Crippen LogP contribution is -2.36. The van der Waals surface area contributed by atoms with E-state index in [2.05, 4.69) is 18.7 Å². The van der Waals surface area contributed by atoms with E-state index in [-0.39, 0.29) is 18.1 Å². The minimum Gasteiger partial charge on any atom is -0.354 e. The van der Waals surface area contributed by atoms with E-state index < -0.39 is 0 Å². The van der Waals surface area contributed by atoms with Crippen LogP contribution in [-0.4, -0.2) is 56.7 Å². The molecule has 4 aromatic rings. The van der Waals surface area contributed by atoms with Crippen LogP contribution >= 0.6 is 0 Å². The molecule has 1 amide bonds. The number of nitrogens with zero attached hydrogens (tertiary/aromatic N) is 6. The van der Waals surface area contributed by atoms with E-state index in [0.717, 1.165) is 59.0 Å². The van der Waals surface area contributed by atoms with Crippen LogP contribution in [-0.2, 0) is 17.6 Å². The van der Waals surface area contributed by atoms with Crippen LogP contribution in [0.2, 0.25) is 0 Å². The van der Waals surface area contributed by atoms with Gasteiger partial charge in [-0.2, -0.15) is 5.10 Å². The highest BCUT2D eigenvalue weighted by Gasteiger charge is 2.25. The third-order valence-corrected chi connectivity index (χ3v) is 6.74. The number of para-hydroxylation sites is 1. The monoisotopic (exact) mass is 500 g/mol. The topological polar surface area (TPSA) is 67.2 Å². The molecule has 8 heteroatoms. The fourth-order valence-corrected chi connectivity index (χ4v) is 4.91. The summed E-state index contributed by atoms with van der Waals surface area (Å²) in [6.45, 7) is 9.12. The first-order valence-corrected chi connectivity index (χ1v) is 13.0. The van der Waals surface area contributed by atoms with Crippen molar-refractivity contribution in [3.63, 3.8) is 0 Å². The molecule has 0 bridgehead atoms. The van der Waals surface area contributed by atoms with Gasteiger partial charge in [0.25, 0.3) is 0 Å². The Morgan fingerprint density at radius 2 is 1.73 bits per heavy atom. The normalized spacial score (nSPS) is 14.4. The smallest absolute Gasteiger partial charge is 0.227 e. The Hall–Kier alpha value is -3.81. The van der Waals surface area contributed by atoms with Gasteiger partial charge in [-0.05, 0) is 49.1 Å². The number of fused-ring (bicyclic) bond motifs is 1. The molecule has 1 fully saturated rings. The standard InChI is InChI=1S/C29H33FN6O/c1-20(2)18-25-31-28(27-21(3)33-36(29(27)32-25)24-8-5-4-6-9-24)35-15-7-14-34(16-17-35)26(37)19-22-10-12-23(30)13-11-22/h4-6,8-13,20H,7,14-19H2,1-3H3. The summed E-state index contributed by atoms with van der Waals surface area (Å²) in [5, 5.41) is 5.81. The lowest BCUT2D eigenvalue weighted by Gasteiger charge is -2.24. The Labute approximate surface area is 216 Å². The average molecular weight is 501 g/mol. The van der Waals surface area contributed by atoms with Gasteiger partial charge >= 0.3 is 0 Å². The molecule has 0 atom stereocenters. The summed E-state index contributed by atoms with van der Waals surface area (Å²) < 4.78 is 15.2. The second-order valence-electron chi connectivity index (χ2n) is 10.1. The van der Waals surface area contributed by atoms with Crippen LogP contribution in [0.5, 0.6) is 0 Å². The SMILES string of the molecule is Cc1nn(-c2ccccc2)c2nc(CC(C)C)nc(N3CCCN(C(=O)Cc4ccc(F)cc4)CC3)c12. The maximum atomic E-state index is 13.3. The fourth-order valence-electron chi connectivity index (χ4n) is 4.91. The van der Waals surface area contributed by atoms with E-state index in [1.54, 1.807) is 12.1 Å². The van der Waals surface area contributed by atoms with Crippen molar-refractivity contribution < 1.29 is 9.18 Å². The summed E-state index contributed by atoms with van der Waals surface area (Å²) >= 11 is 0. The lowest BCUT2D eigenvalue weighted by atomic mass is 10.1. The van der Waals surface area contributed by atoms with Crippen LogP contribution in [0.25, 0.3) is 16.7 Å². The molecule has 1 aliphatic heterocycles. The second kappa shape index (κ2) is 10.7. The number of rotatable bonds is 6. The van der Waals surface area contributed by atoms with Crippen molar-refractivity contribution in [2.45, 2.75) is 40.0 Å². The minimum absolute atomic E-state index is 0.0647. The van der Waals surface area contributed by atoms with Gasteiger partial charge in [-0.15, -0.1) is 0 Å². The molecule has 3 heterocycles. The number of hydrogen-bond acceptors (Lipinski definition) is 5. The zero-order valence-corrected chi connectivity index (χ0v) is 21.7. The molecule has 37 heavy (non-hydrogen) atoms. The van der Waals surface area contributed by atoms with Gasteiger partial charge in [-0.3, -0.25) is 4.79 Å². The van der Waals surface area contributed by atoms with E-state index in [4.69, 9.17) is 15.1 Å². The molecule has 192 valence electrons. The predicted octanol–water partition coefficient (Wildman–Crippen LogP) is 4.74. The van der Waals surface area contributed by atoms with Crippen molar-refractivity contribution in [3.8, 4) is 5.69 Å². The summed E-state index contributed by atoms with van der Waals surface area (Å²) in [6, 6.07) is 16.2. The van der Waals surface area contributed by atoms with Gasteiger partial charge in [0.15, 0.2) is 5.65 Å². The number of anilines is 1. The Morgan fingerprint density at radius 1 is 0.973 bits per heavy atom. The molecule has 1 saturated heterocycles. The van der Waals surface area contributed by atoms with Gasteiger partial charge in [0.1, 0.15) is 17.5 Å². The zero-order chi connectivity index (χ0) is 25.9. The molecule has 2 aromatic carbocycles. The largest absolute Gasteiger partial charge is 0.354 e. The summed E-state index contributed by atoms with van der Waals surface area (Å²) in [4.78, 5) is 27.2. The van der Waals surface area contributed by atoms with E-state index in [9.17, 15) is 9.18 Å². The highest BCUT2D eigenvalue weighted by molar-refractivity contribution is 5.91. The summed E-state index contributed by atoms with van der Waals surface area (Å²) in [5.74, 6) is 1.90. The van der Waals surface area contributed by atoms with Crippen LogP contribution in [0.15, 0.2) is 54.6 Å². The van der Waals surface area contributed by atoms with Gasteiger partial charge in [-0.1, -0.05) is 44.2 Å². The summed E-state index contributed by atoms with van der Waals surface area (Å²) in [6.07, 6.45) is 1.89. The first-order valence-electron chi connectivity index (χ1n) is 13.0. The molecule has 7 nitrogen and oxygen atoms in total. The fraction of sp³-hybridized carbons (Fsp3) is 0.379. The number of benzene rings is 2. The van der Waals surface area contributed by atoms with Gasteiger partial charge in [-0.25, -0.2) is 19.0 Å². The second-order valence-corrected chi connectivity index (χ2v) is 10.1. The Morgan fingerprint density at radius 3 is 2.46 bits per heavy atom. The van der Waals surface area contributed by atoms with Crippen molar-refractivity contribution >= 4 is 22.8 Å². The molecule has 2 aromatic heterocycles. The van der Waals surface area contributed by atoms with E-state index in [1.165, 1.54) is 12.1 Å². The number of carbonyl (C=O) groups is 1. The highest BCUT2D eigenvalue weighted by atomic mass is 19.1. The van der Waals surface area contributed by atoms with Crippen LogP contribution in [0.3, 0.4) is 0 Å². The average Bonchev–Trinajstić information content (AvgIpc) is 3.04. The van der Waals surface area contributed by atoms with Crippen LogP contribution in [0.4, 0.5) is 10.2 Å². The van der Waals surface area contributed by atoms with Gasteiger partial charge < -0.3 is 9.80 Å². The molecule has 0 spiro atoms. The summed E-state index contributed by atoms with van der Waals surface area (Å²) in [7, 11) is 0. The van der Waals surface area contributed by atoms with Crippen molar-refractivity contribution in [1.29, 1.82) is 0 Å². The van der Waals surface area contributed by atoms with Crippen LogP contribution < -0.4 is 4.90 Å². The zero-order valence-electron chi connectivity index (χ0n) is 21.7. The quantitative estimate of drug-likeness (QED) is 0.383. The Bertz CT molecular complexity index is 1380. The maximum absolute atomic E-state index is 13.3. The van der Waals surface area contributed by atoms with Crippen molar-refractivity contribution in [3.05, 3.63) is 77.5 Å². The summed E-state index contributed by atoms with van der Waals surface area (Å²) in [5.41, 5.74) is 3.50. The Balaban J connectivity index is 1.44. The predicted molar refractivity (Wildman–Crippen MR) is 143 cm³/mol. The van der Waals surface area contributed by atoms with Gasteiger partial charge in [0.05, 0.1) is 23.2 Å². The number of aryl methyl sites for hydroxylation is 1. The molecule has 5 rings (SSSR count). The van der Waals surface area contributed by atoms with Crippen LogP contribution in [0, 0.1) is 18.7 Å². The van der Waals surface area contributed by atoms with E-state index >= 15 is 0 Å². The number of carbonyl (C=O) groups excluding carboxylic acids is 1. The Kier molecular flexibility index (Phi) is 7.17. The minimum atomic E-state index is -0.291. The molecule has 0 unspecified atom stereocenters. The third kappa shape index (κ3) is 5.48. The number of amides is 1. The molecular weight excluding hydrogens is 467 g/mol. The first kappa shape index (κ1) is 24.9. The van der Waals surface area contributed by atoms with E-state index in [0.29, 0.717) is 25.6 Å². The first-order chi connectivity index (χ1) is 17.9. The molecule has 0 N–H and O–H groups in total. The molecule has 0 saturated carbocycles. The molecule has 0 radical (unpaired) electrons. The van der Waals surface area contributed by atoms with Gasteiger partial charge in [0, 0.05) is 32.6 Å². The number of hydrogen-bond donors (Lipinski definition) is 0. The molecule has 1 aliphatic rings. The number of halogens is 1. The van der Waals surface area contributed by atoms with Crippen molar-refractivity contribution in [2.24, 2.45) is 5.92 Å². The van der Waals surface area contributed by atoms with Gasteiger partial charge in [0.2, 0.25) is 5.91 Å². The maximum Gasteiger partial charge on any atom is 0.227 e. The molecular formula is C29H33FN6O. The third-order valence-electron chi connectivity index (χ3n) is 6.74. The van der Waals surface area contributed by atoms with Crippen molar-refractivity contribution in [1.82, 2.24) is 24.6 Å².